The van der Waals surface area contributed by atoms with Gasteiger partial charge in [-0.1, -0.05) is 36.8 Å². The summed E-state index contributed by atoms with van der Waals surface area (Å²) in [7, 11) is 4.02. The Morgan fingerprint density at radius 1 is 1.21 bits per heavy atom. The van der Waals surface area contributed by atoms with Crippen LogP contribution in [0.2, 0.25) is 0 Å². The van der Waals surface area contributed by atoms with Crippen LogP contribution in [0.15, 0.2) is 24.3 Å². The fraction of sp³-hybridized carbons (Fsp3) is 0.579. The lowest BCUT2D eigenvalue weighted by molar-refractivity contribution is -0.123. The molecular formula is C19H29N3O2. The van der Waals surface area contributed by atoms with Gasteiger partial charge in [-0.2, -0.15) is 0 Å². The van der Waals surface area contributed by atoms with Crippen LogP contribution in [0.1, 0.15) is 36.9 Å². The highest BCUT2D eigenvalue weighted by molar-refractivity contribution is 5.82. The number of rotatable bonds is 8. The van der Waals surface area contributed by atoms with Crippen molar-refractivity contribution in [2.24, 2.45) is 11.8 Å². The Bertz CT molecular complexity index is 568. The second kappa shape index (κ2) is 8.29. The summed E-state index contributed by atoms with van der Waals surface area (Å²) in [4.78, 5) is 25.8. The number of hydrogen-bond acceptors (Lipinski definition) is 3. The summed E-state index contributed by atoms with van der Waals surface area (Å²) in [5.41, 5.74) is 2.41. The molecule has 0 heterocycles. The Hall–Kier alpha value is -1.88. The Kier molecular flexibility index (Phi) is 6.37. The van der Waals surface area contributed by atoms with E-state index in [4.69, 9.17) is 0 Å². The number of aryl methyl sites for hydroxylation is 1. The van der Waals surface area contributed by atoms with Crippen molar-refractivity contribution in [3.05, 3.63) is 35.4 Å². The van der Waals surface area contributed by atoms with Crippen molar-refractivity contribution in [3.63, 3.8) is 0 Å². The quantitative estimate of drug-likeness (QED) is 0.764. The monoisotopic (exact) mass is 331 g/mol. The van der Waals surface area contributed by atoms with Crippen LogP contribution in [0.4, 0.5) is 0 Å². The van der Waals surface area contributed by atoms with Gasteiger partial charge >= 0.3 is 0 Å². The zero-order valence-corrected chi connectivity index (χ0v) is 15.1. The molecule has 2 amide bonds. The normalized spacial score (nSPS) is 20.5. The molecule has 3 atom stereocenters. The molecule has 2 rings (SSSR count). The van der Waals surface area contributed by atoms with E-state index in [1.165, 1.54) is 11.1 Å². The number of hydrogen-bond donors (Lipinski definition) is 2. The lowest BCUT2D eigenvalue weighted by Gasteiger charge is -2.25. The van der Waals surface area contributed by atoms with E-state index in [1.54, 1.807) is 0 Å². The van der Waals surface area contributed by atoms with Gasteiger partial charge in [0.05, 0.1) is 6.04 Å². The van der Waals surface area contributed by atoms with E-state index < -0.39 is 0 Å². The van der Waals surface area contributed by atoms with Gasteiger partial charge in [-0.15, -0.1) is 0 Å². The van der Waals surface area contributed by atoms with Gasteiger partial charge in [0.15, 0.2) is 0 Å². The van der Waals surface area contributed by atoms with Crippen LogP contribution >= 0.6 is 0 Å². The maximum absolute atomic E-state index is 12.0. The molecule has 0 radical (unpaired) electrons. The first-order valence-electron chi connectivity index (χ1n) is 8.66. The average molecular weight is 331 g/mol. The molecule has 5 heteroatoms. The molecule has 0 spiro atoms. The van der Waals surface area contributed by atoms with Crippen LogP contribution in [0.5, 0.6) is 0 Å². The minimum absolute atomic E-state index is 0.0295. The number of nitrogens with one attached hydrogen (secondary N) is 2. The van der Waals surface area contributed by atoms with Crippen LogP contribution in [0, 0.1) is 18.8 Å². The van der Waals surface area contributed by atoms with E-state index in [2.05, 4.69) is 53.6 Å². The standard InChI is InChI=1S/C19H29N3O2/c1-13-5-7-15(8-6-13)17(22(3)4)12-21-18(23)9-10-20-19(24)16-11-14(16)2/h5-8,14,16-17H,9-12H2,1-4H3,(H,20,24)(H,21,23)/t14-,16+,17+/m1/s1. The number of carbonyl (C=O) groups is 2. The molecule has 0 aromatic heterocycles. The number of likely N-dealkylation sites (N-methyl/N-ethyl adjacent to an activating group) is 1. The first kappa shape index (κ1) is 18.5. The van der Waals surface area contributed by atoms with Gasteiger partial charge in [0.2, 0.25) is 11.8 Å². The first-order valence-corrected chi connectivity index (χ1v) is 8.66. The maximum Gasteiger partial charge on any atom is 0.223 e. The number of benzene rings is 1. The summed E-state index contributed by atoms with van der Waals surface area (Å²) in [6.45, 7) is 5.10. The smallest absolute Gasteiger partial charge is 0.223 e. The molecule has 0 aliphatic heterocycles. The summed E-state index contributed by atoms with van der Waals surface area (Å²) in [6.07, 6.45) is 1.29. The molecule has 1 aliphatic rings. The van der Waals surface area contributed by atoms with Crippen LogP contribution in [0.25, 0.3) is 0 Å². The van der Waals surface area contributed by atoms with Gasteiger partial charge in [-0.3, -0.25) is 9.59 Å². The molecule has 132 valence electrons. The van der Waals surface area contributed by atoms with Crippen LogP contribution < -0.4 is 10.6 Å². The van der Waals surface area contributed by atoms with E-state index in [0.717, 1.165) is 6.42 Å². The Balaban J connectivity index is 1.74. The fourth-order valence-electron chi connectivity index (χ4n) is 2.80. The van der Waals surface area contributed by atoms with Crippen molar-refractivity contribution in [3.8, 4) is 0 Å². The van der Waals surface area contributed by atoms with Crippen LogP contribution in [-0.4, -0.2) is 43.9 Å². The second-order valence-electron chi connectivity index (χ2n) is 7.05. The van der Waals surface area contributed by atoms with E-state index in [-0.39, 0.29) is 23.8 Å². The van der Waals surface area contributed by atoms with Gasteiger partial charge in [0.25, 0.3) is 0 Å². The summed E-state index contributed by atoms with van der Waals surface area (Å²) in [5.74, 6) is 0.709. The fourth-order valence-corrected chi connectivity index (χ4v) is 2.80. The topological polar surface area (TPSA) is 61.4 Å². The lowest BCUT2D eigenvalue weighted by atomic mass is 10.0. The van der Waals surface area contributed by atoms with Gasteiger partial charge < -0.3 is 15.5 Å². The van der Waals surface area contributed by atoms with Gasteiger partial charge in [0.1, 0.15) is 0 Å². The summed E-state index contributed by atoms with van der Waals surface area (Å²) in [6, 6.07) is 8.51. The second-order valence-corrected chi connectivity index (χ2v) is 7.05. The molecular weight excluding hydrogens is 302 g/mol. The van der Waals surface area contributed by atoms with Crippen molar-refractivity contribution >= 4 is 11.8 Å². The molecule has 1 aliphatic carbocycles. The molecule has 0 unspecified atom stereocenters. The van der Waals surface area contributed by atoms with Crippen LogP contribution in [0.3, 0.4) is 0 Å². The molecule has 1 fully saturated rings. The molecule has 1 aromatic carbocycles. The molecule has 0 saturated heterocycles. The van der Waals surface area contributed by atoms with Crippen molar-refractivity contribution in [1.29, 1.82) is 0 Å². The Morgan fingerprint density at radius 2 is 1.83 bits per heavy atom. The summed E-state index contributed by atoms with van der Waals surface area (Å²) >= 11 is 0. The minimum atomic E-state index is -0.0295. The zero-order chi connectivity index (χ0) is 17.7. The number of amides is 2. The average Bonchev–Trinajstić information content (AvgIpc) is 3.26. The third kappa shape index (κ3) is 5.34. The van der Waals surface area contributed by atoms with Crippen molar-refractivity contribution in [1.82, 2.24) is 15.5 Å². The van der Waals surface area contributed by atoms with Crippen LogP contribution in [-0.2, 0) is 9.59 Å². The largest absolute Gasteiger partial charge is 0.355 e. The van der Waals surface area contributed by atoms with E-state index >= 15 is 0 Å². The van der Waals surface area contributed by atoms with Crippen molar-refractivity contribution < 1.29 is 9.59 Å². The summed E-state index contributed by atoms with van der Waals surface area (Å²) in [5, 5.41) is 5.82. The first-order chi connectivity index (χ1) is 11.4. The van der Waals surface area contributed by atoms with Gasteiger partial charge in [0, 0.05) is 25.4 Å². The highest BCUT2D eigenvalue weighted by Crippen LogP contribution is 2.37. The highest BCUT2D eigenvalue weighted by atomic mass is 16.2. The Labute approximate surface area is 144 Å². The third-order valence-electron chi connectivity index (χ3n) is 4.68. The molecule has 0 bridgehead atoms. The molecule has 1 aromatic rings. The van der Waals surface area contributed by atoms with E-state index in [0.29, 0.717) is 25.4 Å². The maximum atomic E-state index is 12.0. The number of carbonyl (C=O) groups excluding carboxylic acids is 2. The van der Waals surface area contributed by atoms with Crippen molar-refractivity contribution in [2.75, 3.05) is 27.2 Å². The van der Waals surface area contributed by atoms with Gasteiger partial charge in [-0.25, -0.2) is 0 Å². The third-order valence-corrected chi connectivity index (χ3v) is 4.68. The molecule has 5 nitrogen and oxygen atoms in total. The Morgan fingerprint density at radius 3 is 2.38 bits per heavy atom. The highest BCUT2D eigenvalue weighted by Gasteiger charge is 2.38. The number of nitrogens with zero attached hydrogens (tertiary/aromatic N) is 1. The predicted octanol–water partition coefficient (Wildman–Crippen LogP) is 1.88. The summed E-state index contributed by atoms with van der Waals surface area (Å²) < 4.78 is 0. The molecule has 24 heavy (non-hydrogen) atoms. The van der Waals surface area contributed by atoms with E-state index in [1.807, 2.05) is 14.1 Å². The molecule has 2 N–H and O–H groups in total. The van der Waals surface area contributed by atoms with Crippen molar-refractivity contribution in [2.45, 2.75) is 32.7 Å². The predicted molar refractivity (Wildman–Crippen MR) is 95.5 cm³/mol. The SMILES string of the molecule is Cc1ccc([C@H](CNC(=O)CCNC(=O)[C@H]2C[C@H]2C)N(C)C)cc1. The lowest BCUT2D eigenvalue weighted by Crippen LogP contribution is -2.36. The zero-order valence-electron chi connectivity index (χ0n) is 15.1. The molecule has 1 saturated carbocycles. The van der Waals surface area contributed by atoms with Gasteiger partial charge in [-0.05, 0) is 38.9 Å². The minimum Gasteiger partial charge on any atom is -0.355 e. The van der Waals surface area contributed by atoms with E-state index in [9.17, 15) is 9.59 Å².